The van der Waals surface area contributed by atoms with Gasteiger partial charge < -0.3 is 0 Å². The highest BCUT2D eigenvalue weighted by Gasteiger charge is 2.42. The van der Waals surface area contributed by atoms with Gasteiger partial charge in [-0.25, -0.2) is 9.97 Å². The molecule has 0 bridgehead atoms. The third-order valence-corrected chi connectivity index (χ3v) is 13.8. The van der Waals surface area contributed by atoms with E-state index in [2.05, 4.69) is 221 Å². The number of hydrogen-bond acceptors (Lipinski definition) is 2. The van der Waals surface area contributed by atoms with Crippen molar-refractivity contribution in [3.63, 3.8) is 0 Å². The average molecular weight is 779 g/mol. The first-order chi connectivity index (χ1) is 29.9. The fourth-order valence-electron chi connectivity index (χ4n) is 10.8. The Bertz CT molecular complexity index is 3400. The molecule has 0 N–H and O–H groups in total. The number of hydrogen-bond donors (Lipinski definition) is 0. The lowest BCUT2D eigenvalue weighted by Gasteiger charge is -2.28. The van der Waals surface area contributed by atoms with Crippen LogP contribution in [0.1, 0.15) is 48.6 Å². The first-order valence-electron chi connectivity index (χ1n) is 21.3. The second kappa shape index (κ2) is 13.3. The van der Waals surface area contributed by atoms with Crippen molar-refractivity contribution in [1.82, 2.24) is 9.97 Å². The van der Waals surface area contributed by atoms with Crippen LogP contribution in [-0.2, 0) is 10.8 Å². The molecule has 0 saturated carbocycles. The van der Waals surface area contributed by atoms with Crippen LogP contribution in [0.5, 0.6) is 0 Å². The molecule has 0 amide bonds. The second-order valence-electron chi connectivity index (χ2n) is 17.4. The van der Waals surface area contributed by atoms with Crippen molar-refractivity contribution in [3.05, 3.63) is 228 Å². The zero-order valence-corrected chi connectivity index (χ0v) is 34.4. The molecule has 9 aromatic carbocycles. The molecular weight excluding hydrogens is 737 g/mol. The first kappa shape index (κ1) is 35.5. The van der Waals surface area contributed by atoms with Crippen LogP contribution in [0.3, 0.4) is 0 Å². The standard InChI is InChI=1S/C59H42N2/c1-58(2)49-30-16-27-44(56(49)55-40-23-11-10-18-37(40)32-35-50(55)58)43-33-34-45(42-25-13-12-24-41(42)43)57-60-52(38-19-6-4-7-20-38)36-53(61-57)47-28-17-31-51-54(47)46-26-14-15-29-48(46)59(51,3)39-21-8-5-9-22-39/h4-36H,1-3H3. The highest BCUT2D eigenvalue weighted by atomic mass is 14.9. The van der Waals surface area contributed by atoms with Gasteiger partial charge in [0.15, 0.2) is 5.82 Å². The fraction of sp³-hybridized carbons (Fsp3) is 0.0847. The summed E-state index contributed by atoms with van der Waals surface area (Å²) >= 11 is 0. The third-order valence-electron chi connectivity index (χ3n) is 13.8. The Morgan fingerprint density at radius 3 is 1.72 bits per heavy atom. The van der Waals surface area contributed by atoms with E-state index >= 15 is 0 Å². The Morgan fingerprint density at radius 2 is 0.918 bits per heavy atom. The molecule has 1 heterocycles. The van der Waals surface area contributed by atoms with Gasteiger partial charge in [-0.1, -0.05) is 202 Å². The molecule has 2 heteroatoms. The lowest BCUT2D eigenvalue weighted by molar-refractivity contribution is 0.661. The van der Waals surface area contributed by atoms with E-state index in [0.29, 0.717) is 5.82 Å². The van der Waals surface area contributed by atoms with E-state index in [4.69, 9.17) is 9.97 Å². The van der Waals surface area contributed by atoms with Gasteiger partial charge in [0, 0.05) is 27.5 Å². The van der Waals surface area contributed by atoms with Crippen LogP contribution in [0.2, 0.25) is 0 Å². The van der Waals surface area contributed by atoms with E-state index in [1.165, 1.54) is 77.4 Å². The zero-order valence-electron chi connectivity index (χ0n) is 34.4. The Hall–Kier alpha value is -7.42. The Labute approximate surface area is 356 Å². The second-order valence-corrected chi connectivity index (χ2v) is 17.4. The molecule has 1 unspecified atom stereocenters. The van der Waals surface area contributed by atoms with Gasteiger partial charge in [-0.15, -0.1) is 0 Å². The molecule has 288 valence electrons. The van der Waals surface area contributed by atoms with E-state index in [1.54, 1.807) is 0 Å². The molecule has 2 nitrogen and oxygen atoms in total. The Kier molecular flexibility index (Phi) is 7.74. The molecule has 0 spiro atoms. The molecule has 2 aliphatic rings. The van der Waals surface area contributed by atoms with Gasteiger partial charge in [0.05, 0.1) is 11.4 Å². The summed E-state index contributed by atoms with van der Waals surface area (Å²) < 4.78 is 0. The van der Waals surface area contributed by atoms with Gasteiger partial charge in [-0.2, -0.15) is 0 Å². The van der Waals surface area contributed by atoms with Crippen molar-refractivity contribution >= 4 is 21.5 Å². The highest BCUT2D eigenvalue weighted by molar-refractivity contribution is 6.11. The summed E-state index contributed by atoms with van der Waals surface area (Å²) in [5.74, 6) is 0.713. The third kappa shape index (κ3) is 5.15. The van der Waals surface area contributed by atoms with E-state index in [9.17, 15) is 0 Å². The number of aromatic nitrogens is 2. The van der Waals surface area contributed by atoms with Crippen LogP contribution in [0, 0.1) is 0 Å². The number of nitrogens with zero attached hydrogens (tertiary/aromatic N) is 2. The van der Waals surface area contributed by atoms with E-state index in [1.807, 2.05) is 0 Å². The van der Waals surface area contributed by atoms with Crippen LogP contribution in [0.25, 0.3) is 88.8 Å². The van der Waals surface area contributed by atoms with E-state index in [-0.39, 0.29) is 10.8 Å². The van der Waals surface area contributed by atoms with Crippen molar-refractivity contribution < 1.29 is 0 Å². The maximum atomic E-state index is 5.55. The minimum absolute atomic E-state index is 0.126. The molecule has 1 aromatic heterocycles. The average Bonchev–Trinajstić information content (AvgIpc) is 3.73. The predicted octanol–water partition coefficient (Wildman–Crippen LogP) is 15.1. The summed E-state index contributed by atoms with van der Waals surface area (Å²) in [5, 5.41) is 4.88. The van der Waals surface area contributed by atoms with Gasteiger partial charge >= 0.3 is 0 Å². The fourth-order valence-corrected chi connectivity index (χ4v) is 10.8. The summed E-state index contributed by atoms with van der Waals surface area (Å²) in [6.45, 7) is 7.11. The number of rotatable bonds is 5. The van der Waals surface area contributed by atoms with Crippen molar-refractivity contribution in [2.24, 2.45) is 0 Å². The molecule has 0 aliphatic heterocycles. The summed E-state index contributed by atoms with van der Waals surface area (Å²) in [5.41, 5.74) is 18.8. The maximum Gasteiger partial charge on any atom is 0.161 e. The predicted molar refractivity (Wildman–Crippen MR) is 254 cm³/mol. The molecule has 0 saturated heterocycles. The summed E-state index contributed by atoms with van der Waals surface area (Å²) in [7, 11) is 0. The molecule has 61 heavy (non-hydrogen) atoms. The zero-order chi connectivity index (χ0) is 40.9. The summed E-state index contributed by atoms with van der Waals surface area (Å²) in [4.78, 5) is 10.9. The molecule has 2 aliphatic carbocycles. The minimum Gasteiger partial charge on any atom is -0.228 e. The molecule has 0 fully saturated rings. The van der Waals surface area contributed by atoms with Crippen LogP contribution in [0.4, 0.5) is 0 Å². The first-order valence-corrected chi connectivity index (χ1v) is 21.3. The van der Waals surface area contributed by atoms with Gasteiger partial charge in [0.25, 0.3) is 0 Å². The van der Waals surface area contributed by atoms with Crippen molar-refractivity contribution in [3.8, 4) is 67.3 Å². The van der Waals surface area contributed by atoms with E-state index < -0.39 is 0 Å². The minimum atomic E-state index is -0.313. The Morgan fingerprint density at radius 1 is 0.344 bits per heavy atom. The topological polar surface area (TPSA) is 25.8 Å². The van der Waals surface area contributed by atoms with Gasteiger partial charge in [-0.05, 0) is 102 Å². The molecule has 0 radical (unpaired) electrons. The monoisotopic (exact) mass is 778 g/mol. The van der Waals surface area contributed by atoms with Crippen LogP contribution >= 0.6 is 0 Å². The Balaban J connectivity index is 1.08. The van der Waals surface area contributed by atoms with Crippen LogP contribution in [-0.4, -0.2) is 9.97 Å². The van der Waals surface area contributed by atoms with E-state index in [0.717, 1.165) is 33.5 Å². The SMILES string of the molecule is CC1(C)c2cccc(-c3ccc(-c4nc(-c5ccccc5)cc(-c5cccc6c5-c5ccccc5C6(C)c5ccccc5)n4)c4ccccc34)c2-c2c1ccc1ccccc21. The summed E-state index contributed by atoms with van der Waals surface area (Å²) in [6, 6.07) is 73.0. The largest absolute Gasteiger partial charge is 0.228 e. The van der Waals surface area contributed by atoms with Crippen molar-refractivity contribution in [2.45, 2.75) is 31.6 Å². The van der Waals surface area contributed by atoms with Crippen molar-refractivity contribution in [2.75, 3.05) is 0 Å². The quantitative estimate of drug-likeness (QED) is 0.174. The molecule has 10 aromatic rings. The normalized spacial score (nSPS) is 15.7. The molecule has 12 rings (SSSR count). The number of fused-ring (bicyclic) bond motifs is 9. The maximum absolute atomic E-state index is 5.55. The molecule has 1 atom stereocenters. The molecular formula is C59H42N2. The van der Waals surface area contributed by atoms with Crippen molar-refractivity contribution in [1.29, 1.82) is 0 Å². The van der Waals surface area contributed by atoms with Gasteiger partial charge in [0.2, 0.25) is 0 Å². The lowest BCUT2D eigenvalue weighted by atomic mass is 9.74. The van der Waals surface area contributed by atoms with Gasteiger partial charge in [0.1, 0.15) is 0 Å². The van der Waals surface area contributed by atoms with Crippen LogP contribution in [0.15, 0.2) is 200 Å². The lowest BCUT2D eigenvalue weighted by Crippen LogP contribution is -2.22. The van der Waals surface area contributed by atoms with Crippen LogP contribution < -0.4 is 0 Å². The summed E-state index contributed by atoms with van der Waals surface area (Å²) in [6.07, 6.45) is 0. The van der Waals surface area contributed by atoms with Gasteiger partial charge in [-0.3, -0.25) is 0 Å². The smallest absolute Gasteiger partial charge is 0.161 e. The number of benzene rings is 9. The highest BCUT2D eigenvalue weighted by Crippen LogP contribution is 2.57.